The normalized spacial score (nSPS) is 9.83. The first-order chi connectivity index (χ1) is 5.83. The van der Waals surface area contributed by atoms with Crippen LogP contribution in [-0.4, -0.2) is 23.2 Å². The number of pyridine rings is 1. The number of halogens is 1. The van der Waals surface area contributed by atoms with Gasteiger partial charge in [0.05, 0.1) is 0 Å². The van der Waals surface area contributed by atoms with Gasteiger partial charge in [-0.05, 0) is 34.5 Å². The minimum atomic E-state index is 0.209. The van der Waals surface area contributed by atoms with E-state index in [1.807, 2.05) is 18.2 Å². The first-order valence-electron chi connectivity index (χ1n) is 3.80. The highest BCUT2D eigenvalue weighted by Crippen LogP contribution is 2.09. The van der Waals surface area contributed by atoms with Gasteiger partial charge in [0.1, 0.15) is 10.4 Å². The van der Waals surface area contributed by atoms with Gasteiger partial charge < -0.3 is 10.4 Å². The van der Waals surface area contributed by atoms with E-state index in [1.54, 1.807) is 0 Å². The minimum Gasteiger partial charge on any atom is -0.396 e. The van der Waals surface area contributed by atoms with Gasteiger partial charge in [0.25, 0.3) is 0 Å². The summed E-state index contributed by atoms with van der Waals surface area (Å²) in [7, 11) is 0. The number of nitrogens with one attached hydrogen (secondary N) is 1. The number of rotatable bonds is 4. The number of aliphatic hydroxyl groups is 1. The lowest BCUT2D eigenvalue weighted by Gasteiger charge is -2.03. The van der Waals surface area contributed by atoms with Crippen molar-refractivity contribution >= 4 is 21.7 Å². The highest BCUT2D eigenvalue weighted by atomic mass is 79.9. The number of hydrogen-bond donors (Lipinski definition) is 2. The van der Waals surface area contributed by atoms with Gasteiger partial charge in [-0.3, -0.25) is 0 Å². The van der Waals surface area contributed by atoms with Crippen LogP contribution < -0.4 is 5.32 Å². The Labute approximate surface area is 80.0 Å². The highest BCUT2D eigenvalue weighted by molar-refractivity contribution is 9.10. The molecule has 0 aliphatic rings. The molecule has 4 heteroatoms. The molecule has 0 unspecified atom stereocenters. The van der Waals surface area contributed by atoms with Crippen molar-refractivity contribution in [1.29, 1.82) is 0 Å². The largest absolute Gasteiger partial charge is 0.396 e. The van der Waals surface area contributed by atoms with Gasteiger partial charge in [0.2, 0.25) is 0 Å². The van der Waals surface area contributed by atoms with Crippen LogP contribution in [-0.2, 0) is 0 Å². The highest BCUT2D eigenvalue weighted by Gasteiger charge is 1.92. The number of aliphatic hydroxyl groups excluding tert-OH is 1. The molecule has 0 saturated carbocycles. The summed E-state index contributed by atoms with van der Waals surface area (Å²) in [5.74, 6) is 0.831. The molecule has 0 aliphatic heterocycles. The lowest BCUT2D eigenvalue weighted by Crippen LogP contribution is -2.04. The predicted molar refractivity (Wildman–Crippen MR) is 52.1 cm³/mol. The Hall–Kier alpha value is -0.610. The summed E-state index contributed by atoms with van der Waals surface area (Å²) in [4.78, 5) is 4.17. The molecule has 2 N–H and O–H groups in total. The van der Waals surface area contributed by atoms with Crippen molar-refractivity contribution in [2.45, 2.75) is 6.42 Å². The van der Waals surface area contributed by atoms with Crippen molar-refractivity contribution in [2.24, 2.45) is 0 Å². The summed E-state index contributed by atoms with van der Waals surface area (Å²) in [5.41, 5.74) is 0. The third-order valence-corrected chi connectivity index (χ3v) is 1.80. The zero-order chi connectivity index (χ0) is 8.81. The molecule has 0 atom stereocenters. The van der Waals surface area contributed by atoms with E-state index in [9.17, 15) is 0 Å². The summed E-state index contributed by atoms with van der Waals surface area (Å²) in [6.07, 6.45) is 0.744. The molecule has 0 bridgehead atoms. The summed E-state index contributed by atoms with van der Waals surface area (Å²) in [6, 6.07) is 5.68. The average molecular weight is 231 g/mol. The summed E-state index contributed by atoms with van der Waals surface area (Å²) >= 11 is 3.27. The Balaban J connectivity index is 2.41. The number of nitrogens with zero attached hydrogens (tertiary/aromatic N) is 1. The fourth-order valence-corrected chi connectivity index (χ4v) is 1.15. The van der Waals surface area contributed by atoms with E-state index in [1.165, 1.54) is 0 Å². The molecule has 0 spiro atoms. The van der Waals surface area contributed by atoms with Crippen LogP contribution in [0.25, 0.3) is 0 Å². The maximum Gasteiger partial charge on any atom is 0.127 e. The minimum absolute atomic E-state index is 0.209. The molecule has 0 aromatic carbocycles. The van der Waals surface area contributed by atoms with E-state index >= 15 is 0 Å². The Morgan fingerprint density at radius 3 is 3.00 bits per heavy atom. The van der Waals surface area contributed by atoms with Gasteiger partial charge >= 0.3 is 0 Å². The molecule has 0 amide bonds. The van der Waals surface area contributed by atoms with Crippen LogP contribution in [0, 0.1) is 0 Å². The molecular weight excluding hydrogens is 220 g/mol. The van der Waals surface area contributed by atoms with E-state index in [-0.39, 0.29) is 6.61 Å². The number of hydrogen-bond acceptors (Lipinski definition) is 3. The van der Waals surface area contributed by atoms with Crippen molar-refractivity contribution in [1.82, 2.24) is 4.98 Å². The maximum atomic E-state index is 8.53. The van der Waals surface area contributed by atoms with Gasteiger partial charge in [-0.1, -0.05) is 6.07 Å². The second-order valence-electron chi connectivity index (χ2n) is 2.35. The first-order valence-corrected chi connectivity index (χ1v) is 4.59. The lowest BCUT2D eigenvalue weighted by molar-refractivity contribution is 0.292. The average Bonchev–Trinajstić information content (AvgIpc) is 2.05. The van der Waals surface area contributed by atoms with E-state index in [0.29, 0.717) is 0 Å². The molecule has 12 heavy (non-hydrogen) atoms. The second kappa shape index (κ2) is 5.11. The van der Waals surface area contributed by atoms with Crippen LogP contribution in [0.4, 0.5) is 5.82 Å². The van der Waals surface area contributed by atoms with Crippen LogP contribution in [0.1, 0.15) is 6.42 Å². The molecule has 0 fully saturated rings. The van der Waals surface area contributed by atoms with Crippen molar-refractivity contribution in [3.05, 3.63) is 22.8 Å². The first kappa shape index (κ1) is 9.48. The summed E-state index contributed by atoms with van der Waals surface area (Å²) in [6.45, 7) is 0.959. The van der Waals surface area contributed by atoms with Crippen molar-refractivity contribution in [3.8, 4) is 0 Å². The molecular formula is C8H11BrN2O. The maximum absolute atomic E-state index is 8.53. The second-order valence-corrected chi connectivity index (χ2v) is 3.16. The fraction of sp³-hybridized carbons (Fsp3) is 0.375. The quantitative estimate of drug-likeness (QED) is 0.611. The molecule has 1 rings (SSSR count). The van der Waals surface area contributed by atoms with Crippen LogP contribution >= 0.6 is 15.9 Å². The van der Waals surface area contributed by atoms with Crippen LogP contribution in [0.15, 0.2) is 22.8 Å². The third kappa shape index (κ3) is 3.19. The monoisotopic (exact) mass is 230 g/mol. The van der Waals surface area contributed by atoms with E-state index < -0.39 is 0 Å². The SMILES string of the molecule is OCCCNc1cccc(Br)n1. The van der Waals surface area contributed by atoms with E-state index in [2.05, 4.69) is 26.2 Å². The van der Waals surface area contributed by atoms with Crippen LogP contribution in [0.2, 0.25) is 0 Å². The smallest absolute Gasteiger partial charge is 0.127 e. The number of aromatic nitrogens is 1. The third-order valence-electron chi connectivity index (χ3n) is 1.36. The van der Waals surface area contributed by atoms with Crippen molar-refractivity contribution in [2.75, 3.05) is 18.5 Å². The topological polar surface area (TPSA) is 45.1 Å². The molecule has 66 valence electrons. The molecule has 3 nitrogen and oxygen atoms in total. The standard InChI is InChI=1S/C8H11BrN2O/c9-7-3-1-4-8(11-7)10-5-2-6-12/h1,3-4,12H,2,5-6H2,(H,10,11). The van der Waals surface area contributed by atoms with Crippen LogP contribution in [0.3, 0.4) is 0 Å². The molecule has 0 radical (unpaired) electrons. The van der Waals surface area contributed by atoms with E-state index in [4.69, 9.17) is 5.11 Å². The Kier molecular flexibility index (Phi) is 4.04. The zero-order valence-corrected chi connectivity index (χ0v) is 8.21. The van der Waals surface area contributed by atoms with Gasteiger partial charge in [0, 0.05) is 13.2 Å². The Bertz CT molecular complexity index is 242. The Morgan fingerprint density at radius 2 is 2.33 bits per heavy atom. The molecule has 1 aromatic rings. The molecule has 0 saturated heterocycles. The van der Waals surface area contributed by atoms with Gasteiger partial charge in [-0.25, -0.2) is 4.98 Å². The molecule has 1 aromatic heterocycles. The zero-order valence-electron chi connectivity index (χ0n) is 6.63. The van der Waals surface area contributed by atoms with Crippen molar-refractivity contribution < 1.29 is 5.11 Å². The van der Waals surface area contributed by atoms with Gasteiger partial charge in [-0.15, -0.1) is 0 Å². The summed E-state index contributed by atoms with van der Waals surface area (Å²) < 4.78 is 0.816. The van der Waals surface area contributed by atoms with Gasteiger partial charge in [0.15, 0.2) is 0 Å². The fourth-order valence-electron chi connectivity index (χ4n) is 0.802. The summed E-state index contributed by atoms with van der Waals surface area (Å²) in [5, 5.41) is 11.6. The van der Waals surface area contributed by atoms with E-state index in [0.717, 1.165) is 23.4 Å². The molecule has 0 aliphatic carbocycles. The predicted octanol–water partition coefficient (Wildman–Crippen LogP) is 1.64. The van der Waals surface area contributed by atoms with Gasteiger partial charge in [-0.2, -0.15) is 0 Å². The lowest BCUT2D eigenvalue weighted by atomic mass is 10.4. The van der Waals surface area contributed by atoms with Crippen molar-refractivity contribution in [3.63, 3.8) is 0 Å². The van der Waals surface area contributed by atoms with Crippen LogP contribution in [0.5, 0.6) is 0 Å². The molecule has 1 heterocycles. The number of anilines is 1. The Morgan fingerprint density at radius 1 is 1.50 bits per heavy atom.